The van der Waals surface area contributed by atoms with Crippen molar-refractivity contribution in [2.45, 2.75) is 71.0 Å². The lowest BCUT2D eigenvalue weighted by Crippen LogP contribution is -2.49. The van der Waals surface area contributed by atoms with Crippen molar-refractivity contribution >= 4 is 0 Å². The number of nitrogens with zero attached hydrogens (tertiary/aromatic N) is 1. The Morgan fingerprint density at radius 2 is 1.90 bits per heavy atom. The third-order valence-electron chi connectivity index (χ3n) is 5.17. The standard InChI is InChI=1S/C18H30N2O/c1-13-11-16(13)17-6-5-15(21-17)12-19-14-7-9-20(10-8-14)18(2,3)4/h5-6,13-14,16,19H,7-12H2,1-4H3. The minimum atomic E-state index is 0.307. The van der Waals surface area contributed by atoms with Crippen LogP contribution in [-0.2, 0) is 6.54 Å². The molecule has 1 N–H and O–H groups in total. The molecule has 1 aromatic heterocycles. The van der Waals surface area contributed by atoms with Crippen LogP contribution < -0.4 is 5.32 Å². The van der Waals surface area contributed by atoms with Crippen molar-refractivity contribution in [3.8, 4) is 0 Å². The van der Waals surface area contributed by atoms with Crippen molar-refractivity contribution in [2.24, 2.45) is 5.92 Å². The number of furan rings is 1. The summed E-state index contributed by atoms with van der Waals surface area (Å²) in [5, 5.41) is 3.67. The lowest BCUT2D eigenvalue weighted by molar-refractivity contribution is 0.0956. The summed E-state index contributed by atoms with van der Waals surface area (Å²) in [6.07, 6.45) is 3.78. The molecular formula is C18H30N2O. The molecule has 2 atom stereocenters. The van der Waals surface area contributed by atoms with Crippen LogP contribution in [0.2, 0.25) is 0 Å². The van der Waals surface area contributed by atoms with E-state index in [1.165, 1.54) is 38.1 Å². The molecule has 21 heavy (non-hydrogen) atoms. The van der Waals surface area contributed by atoms with Crippen LogP contribution in [0.3, 0.4) is 0 Å². The first kappa shape index (κ1) is 15.1. The minimum Gasteiger partial charge on any atom is -0.464 e. The van der Waals surface area contributed by atoms with Gasteiger partial charge in [-0.1, -0.05) is 6.92 Å². The Labute approximate surface area is 129 Å². The molecule has 1 aromatic rings. The molecule has 1 aliphatic heterocycles. The molecule has 3 rings (SSSR count). The molecule has 2 aliphatic rings. The summed E-state index contributed by atoms with van der Waals surface area (Å²) < 4.78 is 5.97. The molecule has 3 nitrogen and oxygen atoms in total. The number of hydrogen-bond donors (Lipinski definition) is 1. The average Bonchev–Trinajstić information content (AvgIpc) is 2.99. The molecule has 2 unspecified atom stereocenters. The molecule has 0 aromatic carbocycles. The van der Waals surface area contributed by atoms with E-state index >= 15 is 0 Å². The van der Waals surface area contributed by atoms with Gasteiger partial charge >= 0.3 is 0 Å². The molecule has 1 saturated heterocycles. The van der Waals surface area contributed by atoms with Crippen LogP contribution in [-0.4, -0.2) is 29.6 Å². The predicted octanol–water partition coefficient (Wildman–Crippen LogP) is 3.76. The SMILES string of the molecule is CC1CC1c1ccc(CNC2CCN(C(C)(C)C)CC2)o1. The highest BCUT2D eigenvalue weighted by molar-refractivity contribution is 5.17. The largest absolute Gasteiger partial charge is 0.464 e. The Morgan fingerprint density at radius 1 is 1.24 bits per heavy atom. The second kappa shape index (κ2) is 5.77. The van der Waals surface area contributed by atoms with Gasteiger partial charge in [-0.25, -0.2) is 0 Å². The molecule has 118 valence electrons. The van der Waals surface area contributed by atoms with Gasteiger partial charge in [0.1, 0.15) is 11.5 Å². The van der Waals surface area contributed by atoms with Crippen LogP contribution in [0.5, 0.6) is 0 Å². The van der Waals surface area contributed by atoms with Crippen LogP contribution in [0.15, 0.2) is 16.5 Å². The summed E-state index contributed by atoms with van der Waals surface area (Å²) in [4.78, 5) is 2.59. The third-order valence-corrected chi connectivity index (χ3v) is 5.17. The molecule has 1 aliphatic carbocycles. The van der Waals surface area contributed by atoms with Gasteiger partial charge in [0.25, 0.3) is 0 Å². The van der Waals surface area contributed by atoms with E-state index in [-0.39, 0.29) is 0 Å². The molecule has 0 radical (unpaired) electrons. The number of rotatable bonds is 4. The monoisotopic (exact) mass is 290 g/mol. The predicted molar refractivity (Wildman–Crippen MR) is 86.4 cm³/mol. The topological polar surface area (TPSA) is 28.4 Å². The molecule has 0 amide bonds. The van der Waals surface area contributed by atoms with Crippen molar-refractivity contribution in [1.29, 1.82) is 0 Å². The van der Waals surface area contributed by atoms with Crippen molar-refractivity contribution in [3.63, 3.8) is 0 Å². The van der Waals surface area contributed by atoms with Gasteiger partial charge < -0.3 is 9.73 Å². The van der Waals surface area contributed by atoms with Crippen LogP contribution in [0.25, 0.3) is 0 Å². The highest BCUT2D eigenvalue weighted by Crippen LogP contribution is 2.47. The fourth-order valence-electron chi connectivity index (χ4n) is 3.41. The number of piperidine rings is 1. The number of nitrogens with one attached hydrogen (secondary N) is 1. The Morgan fingerprint density at radius 3 is 2.48 bits per heavy atom. The summed E-state index contributed by atoms with van der Waals surface area (Å²) in [5.41, 5.74) is 0.307. The van der Waals surface area contributed by atoms with E-state index in [9.17, 15) is 0 Å². The maximum atomic E-state index is 5.97. The van der Waals surface area contributed by atoms with E-state index in [1.54, 1.807) is 0 Å². The third kappa shape index (κ3) is 3.70. The highest BCUT2D eigenvalue weighted by atomic mass is 16.3. The number of likely N-dealkylation sites (tertiary alicyclic amines) is 1. The van der Waals surface area contributed by atoms with Gasteiger partial charge in [-0.05, 0) is 58.1 Å². The molecule has 3 heteroatoms. The summed E-state index contributed by atoms with van der Waals surface area (Å²) in [6, 6.07) is 4.96. The van der Waals surface area contributed by atoms with E-state index in [0.29, 0.717) is 17.5 Å². The van der Waals surface area contributed by atoms with Crippen molar-refractivity contribution in [2.75, 3.05) is 13.1 Å². The van der Waals surface area contributed by atoms with E-state index in [0.717, 1.165) is 18.2 Å². The van der Waals surface area contributed by atoms with E-state index < -0.39 is 0 Å². The molecule has 1 saturated carbocycles. The molecule has 0 bridgehead atoms. The summed E-state index contributed by atoms with van der Waals surface area (Å²) >= 11 is 0. The maximum Gasteiger partial charge on any atom is 0.117 e. The van der Waals surface area contributed by atoms with Crippen LogP contribution >= 0.6 is 0 Å². The molecule has 2 fully saturated rings. The van der Waals surface area contributed by atoms with Gasteiger partial charge in [0.15, 0.2) is 0 Å². The Kier molecular flexibility index (Phi) is 4.15. The first-order valence-electron chi connectivity index (χ1n) is 8.50. The average molecular weight is 290 g/mol. The van der Waals surface area contributed by atoms with Crippen LogP contribution in [0.4, 0.5) is 0 Å². The Balaban J connectivity index is 1.43. The Bertz CT molecular complexity index is 466. The second-order valence-corrected chi connectivity index (χ2v) is 7.94. The number of hydrogen-bond acceptors (Lipinski definition) is 3. The normalized spacial score (nSPS) is 28.0. The first-order chi connectivity index (χ1) is 9.93. The van der Waals surface area contributed by atoms with Gasteiger partial charge in [-0.3, -0.25) is 4.90 Å². The lowest BCUT2D eigenvalue weighted by Gasteiger charge is -2.41. The summed E-state index contributed by atoms with van der Waals surface area (Å²) in [7, 11) is 0. The fraction of sp³-hybridized carbons (Fsp3) is 0.778. The fourth-order valence-corrected chi connectivity index (χ4v) is 3.41. The van der Waals surface area contributed by atoms with Gasteiger partial charge in [0.05, 0.1) is 6.54 Å². The van der Waals surface area contributed by atoms with Crippen LogP contribution in [0.1, 0.15) is 64.4 Å². The Hall–Kier alpha value is -0.800. The zero-order valence-corrected chi connectivity index (χ0v) is 14.0. The van der Waals surface area contributed by atoms with Gasteiger partial charge in [0, 0.05) is 30.6 Å². The van der Waals surface area contributed by atoms with Gasteiger partial charge in [-0.2, -0.15) is 0 Å². The first-order valence-corrected chi connectivity index (χ1v) is 8.50. The van der Waals surface area contributed by atoms with Crippen LogP contribution in [0, 0.1) is 5.92 Å². The molecule has 2 heterocycles. The van der Waals surface area contributed by atoms with E-state index in [4.69, 9.17) is 4.42 Å². The lowest BCUT2D eigenvalue weighted by atomic mass is 9.98. The molecular weight excluding hydrogens is 260 g/mol. The summed E-state index contributed by atoms with van der Waals surface area (Å²) in [5.74, 6) is 3.80. The smallest absolute Gasteiger partial charge is 0.117 e. The summed E-state index contributed by atoms with van der Waals surface area (Å²) in [6.45, 7) is 12.5. The molecule has 0 spiro atoms. The minimum absolute atomic E-state index is 0.307. The van der Waals surface area contributed by atoms with E-state index in [2.05, 4.69) is 50.0 Å². The van der Waals surface area contributed by atoms with Crippen molar-refractivity contribution in [3.05, 3.63) is 23.7 Å². The van der Waals surface area contributed by atoms with E-state index in [1.807, 2.05) is 0 Å². The van der Waals surface area contributed by atoms with Crippen molar-refractivity contribution < 1.29 is 4.42 Å². The highest BCUT2D eigenvalue weighted by Gasteiger charge is 2.36. The zero-order chi connectivity index (χ0) is 15.0. The second-order valence-electron chi connectivity index (χ2n) is 7.94. The quantitative estimate of drug-likeness (QED) is 0.915. The van der Waals surface area contributed by atoms with Gasteiger partial charge in [0.2, 0.25) is 0 Å². The maximum absolute atomic E-state index is 5.97. The zero-order valence-electron chi connectivity index (χ0n) is 14.0. The van der Waals surface area contributed by atoms with Gasteiger partial charge in [-0.15, -0.1) is 0 Å². The van der Waals surface area contributed by atoms with Crippen molar-refractivity contribution in [1.82, 2.24) is 10.2 Å².